The van der Waals surface area contributed by atoms with Crippen molar-refractivity contribution >= 4 is 84.1 Å². The zero-order valence-corrected chi connectivity index (χ0v) is 37.8. The lowest BCUT2D eigenvalue weighted by Crippen LogP contribution is -2.13. The first-order valence-corrected chi connectivity index (χ1v) is 22.2. The van der Waals surface area contributed by atoms with Gasteiger partial charge in [0.1, 0.15) is 11.6 Å². The van der Waals surface area contributed by atoms with Crippen LogP contribution < -0.4 is 20.5 Å². The van der Waals surface area contributed by atoms with Crippen molar-refractivity contribution in [2.75, 3.05) is 27.6 Å². The van der Waals surface area contributed by atoms with E-state index in [1.807, 2.05) is 0 Å². The molecule has 0 aliphatic rings. The minimum Gasteiger partial charge on any atom is -0.400 e. The van der Waals surface area contributed by atoms with E-state index in [0.29, 0.717) is 45.0 Å². The first kappa shape index (κ1) is 52.8. The van der Waals surface area contributed by atoms with Gasteiger partial charge < -0.3 is 16.2 Å². The van der Waals surface area contributed by atoms with Crippen molar-refractivity contribution < 1.29 is 46.2 Å². The highest BCUT2D eigenvalue weighted by Gasteiger charge is 2.19. The smallest absolute Gasteiger partial charge is 0.273 e. The van der Waals surface area contributed by atoms with E-state index in [1.165, 1.54) is 79.7 Å². The number of aliphatic hydroxyl groups excluding tert-OH is 1. The SMILES string of the molecule is CC(=O)Nc1ccc(S(=O)(=O)Nc2ccc(CC(=O)Cc3ccccc3[N+](=O)[O-])cc2)cc1.CO.Cl.Nc1ccc(S(=O)(=O)Nc2ccc(CC(=O)Cc3ccccc3[N+](=O)[O-])cc2)cc1. The summed E-state index contributed by atoms with van der Waals surface area (Å²) in [7, 11) is -6.60. The van der Waals surface area contributed by atoms with E-state index in [-0.39, 0.29) is 76.7 Å². The number of benzene rings is 6. The number of rotatable bonds is 17. The molecular weight excluding hydrogens is 916 g/mol. The lowest BCUT2D eigenvalue weighted by atomic mass is 10.0. The molecule has 0 unspecified atom stereocenters. The second-order valence-electron chi connectivity index (χ2n) is 13.9. The number of hydrogen-bond donors (Lipinski definition) is 5. The Morgan fingerprint density at radius 2 is 0.864 bits per heavy atom. The number of nitro benzene ring substituents is 2. The van der Waals surface area contributed by atoms with Crippen LogP contribution in [0.3, 0.4) is 0 Å². The van der Waals surface area contributed by atoms with Gasteiger partial charge in [-0.25, -0.2) is 16.8 Å². The van der Waals surface area contributed by atoms with Gasteiger partial charge in [0, 0.05) is 85.7 Å². The maximum atomic E-state index is 12.6. The molecule has 0 aromatic heterocycles. The van der Waals surface area contributed by atoms with Crippen LogP contribution in [0.1, 0.15) is 29.2 Å². The maximum absolute atomic E-state index is 12.6. The van der Waals surface area contributed by atoms with E-state index < -0.39 is 29.9 Å². The Hall–Kier alpha value is -7.52. The lowest BCUT2D eigenvalue weighted by Gasteiger charge is -2.10. The molecule has 0 fully saturated rings. The summed E-state index contributed by atoms with van der Waals surface area (Å²) in [6.07, 6.45) is 0.0173. The largest absolute Gasteiger partial charge is 0.400 e. The highest BCUT2D eigenvalue weighted by molar-refractivity contribution is 7.93. The number of nitrogens with zero attached hydrogens (tertiary/aromatic N) is 2. The molecular formula is C45H45ClN6O12S2. The zero-order chi connectivity index (χ0) is 47.7. The van der Waals surface area contributed by atoms with Crippen LogP contribution in [-0.4, -0.2) is 56.4 Å². The van der Waals surface area contributed by atoms with Crippen LogP contribution in [0.15, 0.2) is 155 Å². The molecule has 6 N–H and O–H groups in total. The molecule has 66 heavy (non-hydrogen) atoms. The number of hydrogen-bond acceptors (Lipinski definition) is 13. The third kappa shape index (κ3) is 15.9. The number of aliphatic hydroxyl groups is 1. The molecule has 0 saturated carbocycles. The summed E-state index contributed by atoms with van der Waals surface area (Å²) in [6, 6.07) is 36.5. The number of ketones is 2. The highest BCUT2D eigenvalue weighted by atomic mass is 35.5. The Bertz CT molecular complexity index is 2870. The quantitative estimate of drug-likeness (QED) is 0.0348. The van der Waals surface area contributed by atoms with Crippen molar-refractivity contribution in [1.82, 2.24) is 0 Å². The molecule has 1 amide bonds. The topological polar surface area (TPSA) is 288 Å². The predicted octanol–water partition coefficient (Wildman–Crippen LogP) is 7.07. The van der Waals surface area contributed by atoms with Crippen LogP contribution in [-0.2, 0) is 60.1 Å². The van der Waals surface area contributed by atoms with Crippen molar-refractivity contribution in [1.29, 1.82) is 0 Å². The fourth-order valence-corrected chi connectivity index (χ4v) is 8.18. The van der Waals surface area contributed by atoms with E-state index in [2.05, 4.69) is 14.8 Å². The molecule has 0 aliphatic carbocycles. The average molecular weight is 961 g/mol. The fourth-order valence-electron chi connectivity index (χ4n) is 6.06. The van der Waals surface area contributed by atoms with Crippen LogP contribution in [0.2, 0.25) is 0 Å². The summed E-state index contributed by atoms with van der Waals surface area (Å²) in [5.74, 6) is -0.638. The van der Waals surface area contributed by atoms with Crippen molar-refractivity contribution in [3.63, 3.8) is 0 Å². The van der Waals surface area contributed by atoms with Crippen LogP contribution in [0.4, 0.5) is 34.1 Å². The number of sulfonamides is 2. The molecule has 21 heteroatoms. The average Bonchev–Trinajstić information content (AvgIpc) is 3.26. The van der Waals surface area contributed by atoms with Crippen molar-refractivity contribution in [2.45, 2.75) is 42.4 Å². The van der Waals surface area contributed by atoms with Gasteiger partial charge in [-0.3, -0.25) is 44.1 Å². The Morgan fingerprint density at radius 1 is 0.530 bits per heavy atom. The Balaban J connectivity index is 0.000000334. The number of para-hydroxylation sites is 2. The zero-order valence-electron chi connectivity index (χ0n) is 35.3. The number of nitrogens with one attached hydrogen (secondary N) is 3. The molecule has 0 aliphatic heterocycles. The standard InChI is InChI=1S/C23H21N3O6S.C21H19N3O5S.CH4O.ClH/c1-16(27)24-19-10-12-22(13-11-19)33(31,32)25-20-8-6-17(7-9-20)14-21(28)15-18-4-2-3-5-23(18)26(29)30;22-17-7-11-20(12-8-17)30(28,29)23-18-9-5-15(6-10-18)13-19(25)14-16-3-1-2-4-21(16)24(26)27;1-2;/h2-13,25H,14-15H2,1H3,(H,24,27);1-12,23H,13-14,22H2;2H,1H3;1H. The Morgan fingerprint density at radius 3 is 1.21 bits per heavy atom. The fraction of sp³-hybridized carbons (Fsp3) is 0.133. The molecule has 0 heterocycles. The lowest BCUT2D eigenvalue weighted by molar-refractivity contribution is -0.385. The molecule has 6 rings (SSSR count). The van der Waals surface area contributed by atoms with Gasteiger partial charge in [-0.2, -0.15) is 0 Å². The van der Waals surface area contributed by atoms with Gasteiger partial charge >= 0.3 is 0 Å². The second kappa shape index (κ2) is 24.5. The molecule has 0 bridgehead atoms. The normalized spacial score (nSPS) is 10.6. The number of carbonyl (C=O) groups is 3. The van der Waals surface area contributed by atoms with Crippen LogP contribution in [0.25, 0.3) is 0 Å². The third-order valence-electron chi connectivity index (χ3n) is 9.04. The summed E-state index contributed by atoms with van der Waals surface area (Å²) >= 11 is 0. The molecule has 0 spiro atoms. The van der Waals surface area contributed by atoms with E-state index >= 15 is 0 Å². The minimum absolute atomic E-state index is 0. The molecule has 6 aromatic rings. The molecule has 0 atom stereocenters. The van der Waals surface area contributed by atoms with Gasteiger partial charge in [-0.1, -0.05) is 60.7 Å². The molecule has 18 nitrogen and oxygen atoms in total. The number of halogens is 1. The first-order chi connectivity index (χ1) is 30.9. The highest BCUT2D eigenvalue weighted by Crippen LogP contribution is 2.23. The summed E-state index contributed by atoms with van der Waals surface area (Å²) < 4.78 is 54.9. The maximum Gasteiger partial charge on any atom is 0.273 e. The summed E-state index contributed by atoms with van der Waals surface area (Å²) in [5.41, 5.74) is 9.04. The number of carbonyl (C=O) groups excluding carboxylic acids is 3. The van der Waals surface area contributed by atoms with Gasteiger partial charge in [0.15, 0.2) is 0 Å². The monoisotopic (exact) mass is 960 g/mol. The predicted molar refractivity (Wildman–Crippen MR) is 253 cm³/mol. The van der Waals surface area contributed by atoms with E-state index in [9.17, 15) is 51.4 Å². The molecule has 6 aromatic carbocycles. The number of anilines is 4. The van der Waals surface area contributed by atoms with E-state index in [1.54, 1.807) is 72.8 Å². The van der Waals surface area contributed by atoms with Gasteiger partial charge in [0.05, 0.1) is 19.6 Å². The van der Waals surface area contributed by atoms with Crippen molar-refractivity contribution in [2.24, 2.45) is 0 Å². The second-order valence-corrected chi connectivity index (χ2v) is 17.3. The molecule has 346 valence electrons. The molecule has 0 saturated heterocycles. The first-order valence-electron chi connectivity index (χ1n) is 19.3. The van der Waals surface area contributed by atoms with Crippen LogP contribution >= 0.6 is 12.4 Å². The van der Waals surface area contributed by atoms with Crippen LogP contribution in [0, 0.1) is 20.2 Å². The number of amides is 1. The number of nitro groups is 2. The van der Waals surface area contributed by atoms with Gasteiger partial charge in [-0.05, 0) is 83.9 Å². The van der Waals surface area contributed by atoms with Crippen LogP contribution in [0.5, 0.6) is 0 Å². The summed E-state index contributed by atoms with van der Waals surface area (Å²) in [5, 5.41) is 31.7. The van der Waals surface area contributed by atoms with Crippen molar-refractivity contribution in [3.05, 3.63) is 188 Å². The van der Waals surface area contributed by atoms with E-state index in [0.717, 1.165) is 7.11 Å². The number of Topliss-reactive ketones (excluding diaryl/α,β-unsaturated/α-hetero) is 2. The Labute approximate surface area is 386 Å². The van der Waals surface area contributed by atoms with Gasteiger partial charge in [-0.15, -0.1) is 12.4 Å². The number of nitrogens with two attached hydrogens (primary N) is 1. The third-order valence-corrected chi connectivity index (χ3v) is 11.8. The van der Waals surface area contributed by atoms with Gasteiger partial charge in [0.25, 0.3) is 31.4 Å². The summed E-state index contributed by atoms with van der Waals surface area (Å²) in [4.78, 5) is 57.0. The minimum atomic E-state index is -3.84. The summed E-state index contributed by atoms with van der Waals surface area (Å²) in [6.45, 7) is 1.36. The van der Waals surface area contributed by atoms with E-state index in [4.69, 9.17) is 10.8 Å². The number of nitrogen functional groups attached to an aromatic ring is 1. The Kier molecular flexibility index (Phi) is 19.6. The molecule has 0 radical (unpaired) electrons. The van der Waals surface area contributed by atoms with Gasteiger partial charge in [0.2, 0.25) is 5.91 Å². The van der Waals surface area contributed by atoms with Crippen molar-refractivity contribution in [3.8, 4) is 0 Å².